The van der Waals surface area contributed by atoms with E-state index in [2.05, 4.69) is 4.98 Å². The van der Waals surface area contributed by atoms with Gasteiger partial charge in [0.1, 0.15) is 0 Å². The lowest BCUT2D eigenvalue weighted by atomic mass is 10.1. The summed E-state index contributed by atoms with van der Waals surface area (Å²) in [7, 11) is 1.89. The van der Waals surface area contributed by atoms with Crippen molar-refractivity contribution in [3.8, 4) is 0 Å². The number of nitrogen functional groups attached to an aromatic ring is 1. The van der Waals surface area contributed by atoms with Crippen LogP contribution in [0.1, 0.15) is 48.9 Å². The monoisotopic (exact) mass is 247 g/mol. The number of nitrogens with two attached hydrogens (primary N) is 1. The highest BCUT2D eigenvalue weighted by Gasteiger charge is 2.23. The summed E-state index contributed by atoms with van der Waals surface area (Å²) < 4.78 is 0. The van der Waals surface area contributed by atoms with Crippen LogP contribution < -0.4 is 5.73 Å². The Balaban J connectivity index is 2.10. The van der Waals surface area contributed by atoms with Crippen molar-refractivity contribution in [2.24, 2.45) is 0 Å². The second-order valence-electron chi connectivity index (χ2n) is 5.02. The van der Waals surface area contributed by atoms with E-state index < -0.39 is 0 Å². The highest BCUT2D eigenvalue weighted by atomic mass is 16.2. The molecule has 1 aromatic heterocycles. The smallest absolute Gasteiger partial charge is 0.256 e. The van der Waals surface area contributed by atoms with Crippen molar-refractivity contribution in [2.45, 2.75) is 44.6 Å². The number of amides is 1. The van der Waals surface area contributed by atoms with Crippen molar-refractivity contribution in [1.29, 1.82) is 0 Å². The number of aromatic nitrogens is 1. The Bertz CT molecular complexity index is 411. The molecule has 18 heavy (non-hydrogen) atoms. The fourth-order valence-corrected chi connectivity index (χ4v) is 2.60. The molecule has 0 bridgehead atoms. The minimum absolute atomic E-state index is 0.0156. The summed E-state index contributed by atoms with van der Waals surface area (Å²) in [6.45, 7) is 0. The fraction of sp³-hybridized carbons (Fsp3) is 0.571. The molecular formula is C14H21N3O. The minimum Gasteiger partial charge on any atom is -0.397 e. The molecule has 2 N–H and O–H groups in total. The van der Waals surface area contributed by atoms with Gasteiger partial charge in [-0.05, 0) is 18.9 Å². The second kappa shape index (κ2) is 5.85. The van der Waals surface area contributed by atoms with Crippen LogP contribution in [0.5, 0.6) is 0 Å². The fourth-order valence-electron chi connectivity index (χ4n) is 2.60. The quantitative estimate of drug-likeness (QED) is 0.817. The molecule has 4 nitrogen and oxygen atoms in total. The molecule has 0 atom stereocenters. The molecule has 2 rings (SSSR count). The number of carbonyl (C=O) groups is 1. The first kappa shape index (κ1) is 12.9. The molecule has 0 saturated heterocycles. The van der Waals surface area contributed by atoms with Crippen molar-refractivity contribution >= 4 is 11.6 Å². The molecular weight excluding hydrogens is 226 g/mol. The van der Waals surface area contributed by atoms with Crippen molar-refractivity contribution in [3.63, 3.8) is 0 Å². The number of carbonyl (C=O) groups excluding carboxylic acids is 1. The molecule has 1 aliphatic rings. The lowest BCUT2D eigenvalue weighted by Crippen LogP contribution is -2.37. The van der Waals surface area contributed by atoms with Gasteiger partial charge in [0.15, 0.2) is 0 Å². The van der Waals surface area contributed by atoms with E-state index in [-0.39, 0.29) is 5.91 Å². The van der Waals surface area contributed by atoms with Crippen molar-refractivity contribution in [1.82, 2.24) is 9.88 Å². The Labute approximate surface area is 108 Å². The molecule has 0 spiro atoms. The van der Waals surface area contributed by atoms with Gasteiger partial charge in [-0.1, -0.05) is 25.7 Å². The molecule has 1 amide bonds. The Morgan fingerprint density at radius 1 is 1.33 bits per heavy atom. The summed E-state index contributed by atoms with van der Waals surface area (Å²) in [6, 6.07) is 2.05. The molecule has 0 radical (unpaired) electrons. The van der Waals surface area contributed by atoms with E-state index in [0.29, 0.717) is 17.3 Å². The van der Waals surface area contributed by atoms with E-state index in [0.717, 1.165) is 12.8 Å². The Morgan fingerprint density at radius 2 is 2.00 bits per heavy atom. The lowest BCUT2D eigenvalue weighted by molar-refractivity contribution is 0.0718. The summed E-state index contributed by atoms with van der Waals surface area (Å²) >= 11 is 0. The topological polar surface area (TPSA) is 59.2 Å². The maximum absolute atomic E-state index is 12.4. The van der Waals surface area contributed by atoms with Gasteiger partial charge >= 0.3 is 0 Å². The van der Waals surface area contributed by atoms with Gasteiger partial charge in [0.2, 0.25) is 0 Å². The summed E-state index contributed by atoms with van der Waals surface area (Å²) in [5.74, 6) is 0.0156. The largest absolute Gasteiger partial charge is 0.397 e. The first-order valence-corrected chi connectivity index (χ1v) is 6.67. The van der Waals surface area contributed by atoms with Crippen molar-refractivity contribution in [3.05, 3.63) is 24.0 Å². The van der Waals surface area contributed by atoms with Crippen LogP contribution in [-0.2, 0) is 0 Å². The van der Waals surface area contributed by atoms with Gasteiger partial charge in [0.25, 0.3) is 5.91 Å². The third-order valence-electron chi connectivity index (χ3n) is 3.78. The molecule has 1 aromatic rings. The number of pyridine rings is 1. The van der Waals surface area contributed by atoms with E-state index >= 15 is 0 Å². The number of anilines is 1. The van der Waals surface area contributed by atoms with E-state index in [4.69, 9.17) is 5.73 Å². The zero-order valence-electron chi connectivity index (χ0n) is 10.9. The van der Waals surface area contributed by atoms with Gasteiger partial charge < -0.3 is 10.6 Å². The molecule has 1 heterocycles. The third kappa shape index (κ3) is 2.81. The minimum atomic E-state index is 0.0156. The van der Waals surface area contributed by atoms with Crippen LogP contribution in [0.3, 0.4) is 0 Å². The zero-order valence-corrected chi connectivity index (χ0v) is 10.9. The molecule has 1 fully saturated rings. The van der Waals surface area contributed by atoms with Gasteiger partial charge in [0.05, 0.1) is 17.4 Å². The Morgan fingerprint density at radius 3 is 2.61 bits per heavy atom. The van der Waals surface area contributed by atoms with Gasteiger partial charge in [-0.2, -0.15) is 0 Å². The molecule has 0 aromatic carbocycles. The maximum Gasteiger partial charge on any atom is 0.256 e. The van der Waals surface area contributed by atoms with Crippen LogP contribution in [0.15, 0.2) is 18.5 Å². The third-order valence-corrected chi connectivity index (χ3v) is 3.78. The van der Waals surface area contributed by atoms with Crippen molar-refractivity contribution in [2.75, 3.05) is 12.8 Å². The summed E-state index contributed by atoms with van der Waals surface area (Å²) in [4.78, 5) is 18.2. The average Bonchev–Trinajstić information content (AvgIpc) is 2.66. The highest BCUT2D eigenvalue weighted by Crippen LogP contribution is 2.23. The molecule has 1 aliphatic carbocycles. The second-order valence-corrected chi connectivity index (χ2v) is 5.02. The number of hydrogen-bond donors (Lipinski definition) is 1. The van der Waals surface area contributed by atoms with Crippen LogP contribution in [0.4, 0.5) is 5.69 Å². The first-order chi connectivity index (χ1) is 8.70. The van der Waals surface area contributed by atoms with Gasteiger partial charge in [-0.3, -0.25) is 9.78 Å². The van der Waals surface area contributed by atoms with Crippen LogP contribution in [-0.4, -0.2) is 28.9 Å². The predicted octanol–water partition coefficient (Wildman–Crippen LogP) is 2.46. The van der Waals surface area contributed by atoms with E-state index in [1.807, 2.05) is 11.9 Å². The van der Waals surface area contributed by atoms with Crippen LogP contribution >= 0.6 is 0 Å². The predicted molar refractivity (Wildman–Crippen MR) is 72.2 cm³/mol. The van der Waals surface area contributed by atoms with Crippen LogP contribution in [0.25, 0.3) is 0 Å². The number of nitrogens with zero attached hydrogens (tertiary/aromatic N) is 2. The Kier molecular flexibility index (Phi) is 4.18. The average molecular weight is 247 g/mol. The highest BCUT2D eigenvalue weighted by molar-refractivity contribution is 5.98. The number of rotatable bonds is 2. The molecule has 98 valence electrons. The van der Waals surface area contributed by atoms with E-state index in [1.165, 1.54) is 31.9 Å². The molecule has 4 heteroatoms. The standard InChI is InChI=1S/C14H21N3O/c1-17(11-6-4-2-3-5-7-11)14(18)12-8-9-16-10-13(12)15/h8-11H,2-7,15H2,1H3. The Hall–Kier alpha value is -1.58. The molecule has 0 unspecified atom stereocenters. The molecule has 0 aliphatic heterocycles. The van der Waals surface area contributed by atoms with E-state index in [1.54, 1.807) is 12.3 Å². The van der Waals surface area contributed by atoms with Gasteiger partial charge in [-0.15, -0.1) is 0 Å². The van der Waals surface area contributed by atoms with Crippen LogP contribution in [0, 0.1) is 0 Å². The van der Waals surface area contributed by atoms with E-state index in [9.17, 15) is 4.79 Å². The summed E-state index contributed by atoms with van der Waals surface area (Å²) in [5.41, 5.74) is 6.84. The van der Waals surface area contributed by atoms with Gasteiger partial charge in [-0.25, -0.2) is 0 Å². The maximum atomic E-state index is 12.4. The summed E-state index contributed by atoms with van der Waals surface area (Å²) in [5, 5.41) is 0. The SMILES string of the molecule is CN(C(=O)c1ccncc1N)C1CCCCCC1. The zero-order chi connectivity index (χ0) is 13.0. The first-order valence-electron chi connectivity index (χ1n) is 6.67. The van der Waals surface area contributed by atoms with Crippen molar-refractivity contribution < 1.29 is 4.79 Å². The molecule has 1 saturated carbocycles. The summed E-state index contributed by atoms with van der Waals surface area (Å²) in [6.07, 6.45) is 10.4. The van der Waals surface area contributed by atoms with Gasteiger partial charge in [0, 0.05) is 19.3 Å². The normalized spacial score (nSPS) is 17.2. The van der Waals surface area contributed by atoms with Crippen LogP contribution in [0.2, 0.25) is 0 Å². The number of hydrogen-bond acceptors (Lipinski definition) is 3. The lowest BCUT2D eigenvalue weighted by Gasteiger charge is -2.27.